The van der Waals surface area contributed by atoms with Crippen molar-refractivity contribution in [3.63, 3.8) is 0 Å². The number of unbranched alkanes of at least 4 members (excludes halogenated alkanes) is 14. The highest BCUT2D eigenvalue weighted by Gasteiger charge is 2.03. The van der Waals surface area contributed by atoms with Crippen LogP contribution in [0, 0.1) is 12.3 Å². The van der Waals surface area contributed by atoms with Gasteiger partial charge in [0.2, 0.25) is 0 Å². The first kappa shape index (κ1) is 22.5. The third-order valence-corrected chi connectivity index (χ3v) is 4.75. The number of hydrogen-bond acceptors (Lipinski definition) is 1. The largest absolute Gasteiger partial charge is 0.393 e. The lowest BCUT2D eigenvalue weighted by Gasteiger charge is -2.10. The van der Waals surface area contributed by atoms with Crippen molar-refractivity contribution in [1.82, 2.24) is 0 Å². The zero-order valence-corrected chi connectivity index (χ0v) is 15.8. The molecule has 1 unspecified atom stereocenters. The van der Waals surface area contributed by atoms with Crippen LogP contribution in [0.2, 0.25) is 0 Å². The van der Waals surface area contributed by atoms with E-state index in [0.29, 0.717) is 0 Å². The third kappa shape index (κ3) is 19.5. The van der Waals surface area contributed by atoms with Crippen LogP contribution >= 0.6 is 0 Å². The zero-order chi connectivity index (χ0) is 17.0. The lowest BCUT2D eigenvalue weighted by Crippen LogP contribution is -2.05. The minimum atomic E-state index is -0.0546. The molecule has 0 radical (unpaired) electrons. The molecular formula is C22H42O. The minimum absolute atomic E-state index is 0.0546. The van der Waals surface area contributed by atoms with Gasteiger partial charge in [-0.05, 0) is 19.3 Å². The van der Waals surface area contributed by atoms with E-state index in [2.05, 4.69) is 12.8 Å². The number of aliphatic hydroxyl groups is 1. The molecular weight excluding hydrogens is 280 g/mol. The molecule has 0 rings (SSSR count). The van der Waals surface area contributed by atoms with Gasteiger partial charge in [-0.2, -0.15) is 0 Å². The number of aliphatic hydroxyl groups excluding tert-OH is 1. The molecule has 0 amide bonds. The van der Waals surface area contributed by atoms with E-state index in [9.17, 15) is 5.11 Å². The normalized spacial score (nSPS) is 12.2. The van der Waals surface area contributed by atoms with E-state index in [4.69, 9.17) is 6.42 Å². The summed E-state index contributed by atoms with van der Waals surface area (Å²) >= 11 is 0. The average molecular weight is 323 g/mol. The highest BCUT2D eigenvalue weighted by Crippen LogP contribution is 2.15. The lowest BCUT2D eigenvalue weighted by molar-refractivity contribution is 0.147. The summed E-state index contributed by atoms with van der Waals surface area (Å²) in [5.74, 6) is 2.70. The van der Waals surface area contributed by atoms with Crippen molar-refractivity contribution in [3.8, 4) is 12.3 Å². The molecule has 0 saturated carbocycles. The molecule has 1 atom stereocenters. The van der Waals surface area contributed by atoms with Crippen LogP contribution in [0.15, 0.2) is 0 Å². The highest BCUT2D eigenvalue weighted by atomic mass is 16.3. The lowest BCUT2D eigenvalue weighted by atomic mass is 10.0. The Kier molecular flexibility index (Phi) is 19.2. The van der Waals surface area contributed by atoms with E-state index in [1.807, 2.05) is 0 Å². The second kappa shape index (κ2) is 19.6. The number of terminal acetylenes is 1. The second-order valence-corrected chi connectivity index (χ2v) is 7.14. The molecule has 0 aromatic heterocycles. The summed E-state index contributed by atoms with van der Waals surface area (Å²) in [6, 6.07) is 0. The summed E-state index contributed by atoms with van der Waals surface area (Å²) in [6.45, 7) is 2.27. The predicted octanol–water partition coefficient (Wildman–Crippen LogP) is 7.02. The van der Waals surface area contributed by atoms with Crippen molar-refractivity contribution in [2.24, 2.45) is 0 Å². The van der Waals surface area contributed by atoms with Gasteiger partial charge in [-0.25, -0.2) is 0 Å². The van der Waals surface area contributed by atoms with E-state index in [1.54, 1.807) is 0 Å². The molecule has 0 fully saturated rings. The first-order chi connectivity index (χ1) is 11.3. The quantitative estimate of drug-likeness (QED) is 0.212. The minimum Gasteiger partial charge on any atom is -0.393 e. The maximum absolute atomic E-state index is 10.00. The Morgan fingerprint density at radius 3 is 1.48 bits per heavy atom. The molecule has 1 heteroatoms. The van der Waals surface area contributed by atoms with Crippen LogP contribution in [0.4, 0.5) is 0 Å². The zero-order valence-electron chi connectivity index (χ0n) is 15.8. The fourth-order valence-electron chi connectivity index (χ4n) is 3.15. The molecule has 0 aliphatic rings. The molecule has 0 bridgehead atoms. The van der Waals surface area contributed by atoms with Gasteiger partial charge in [0.1, 0.15) is 0 Å². The van der Waals surface area contributed by atoms with Crippen LogP contribution in [-0.4, -0.2) is 11.2 Å². The first-order valence-electron chi connectivity index (χ1n) is 10.4. The fourth-order valence-corrected chi connectivity index (χ4v) is 3.15. The van der Waals surface area contributed by atoms with Gasteiger partial charge in [0.15, 0.2) is 0 Å². The molecule has 0 aliphatic heterocycles. The van der Waals surface area contributed by atoms with E-state index >= 15 is 0 Å². The van der Waals surface area contributed by atoms with Crippen molar-refractivity contribution in [2.45, 2.75) is 129 Å². The number of rotatable bonds is 18. The molecule has 0 aliphatic carbocycles. The Morgan fingerprint density at radius 1 is 0.652 bits per heavy atom. The van der Waals surface area contributed by atoms with Crippen LogP contribution in [-0.2, 0) is 0 Å². The van der Waals surface area contributed by atoms with E-state index in [-0.39, 0.29) is 6.10 Å². The van der Waals surface area contributed by atoms with Crippen LogP contribution < -0.4 is 0 Å². The standard InChI is InChI=1S/C22H42O/c1-3-5-7-9-11-13-15-17-19-21-22(23)20-18-16-14-12-10-8-6-4-2/h2,22-23H,3,5-21H2,1H3. The average Bonchev–Trinajstić information content (AvgIpc) is 2.56. The summed E-state index contributed by atoms with van der Waals surface area (Å²) in [7, 11) is 0. The molecule has 0 aromatic carbocycles. The molecule has 0 saturated heterocycles. The van der Waals surface area contributed by atoms with Gasteiger partial charge < -0.3 is 5.11 Å². The molecule has 0 aromatic rings. The second-order valence-electron chi connectivity index (χ2n) is 7.14. The fraction of sp³-hybridized carbons (Fsp3) is 0.909. The molecule has 0 spiro atoms. The Hall–Kier alpha value is -0.480. The van der Waals surface area contributed by atoms with E-state index < -0.39 is 0 Å². The highest BCUT2D eigenvalue weighted by molar-refractivity contribution is 4.82. The molecule has 0 heterocycles. The smallest absolute Gasteiger partial charge is 0.0540 e. The van der Waals surface area contributed by atoms with Gasteiger partial charge >= 0.3 is 0 Å². The maximum Gasteiger partial charge on any atom is 0.0540 e. The van der Waals surface area contributed by atoms with Gasteiger partial charge in [-0.3, -0.25) is 0 Å². The van der Waals surface area contributed by atoms with Crippen molar-refractivity contribution in [3.05, 3.63) is 0 Å². The Morgan fingerprint density at radius 2 is 1.04 bits per heavy atom. The maximum atomic E-state index is 10.00. The number of hydrogen-bond donors (Lipinski definition) is 1. The first-order valence-corrected chi connectivity index (χ1v) is 10.4. The molecule has 1 N–H and O–H groups in total. The van der Waals surface area contributed by atoms with Crippen LogP contribution in [0.25, 0.3) is 0 Å². The summed E-state index contributed by atoms with van der Waals surface area (Å²) < 4.78 is 0. The van der Waals surface area contributed by atoms with Gasteiger partial charge in [0, 0.05) is 6.42 Å². The Balaban J connectivity index is 3.13. The van der Waals surface area contributed by atoms with E-state index in [1.165, 1.54) is 96.3 Å². The van der Waals surface area contributed by atoms with Gasteiger partial charge in [-0.1, -0.05) is 96.8 Å². The summed E-state index contributed by atoms with van der Waals surface area (Å²) in [4.78, 5) is 0. The monoisotopic (exact) mass is 322 g/mol. The summed E-state index contributed by atoms with van der Waals surface area (Å²) in [5.41, 5.74) is 0. The summed E-state index contributed by atoms with van der Waals surface area (Å²) in [6.07, 6.45) is 27.9. The van der Waals surface area contributed by atoms with Crippen molar-refractivity contribution in [1.29, 1.82) is 0 Å². The third-order valence-electron chi connectivity index (χ3n) is 4.75. The topological polar surface area (TPSA) is 20.2 Å². The van der Waals surface area contributed by atoms with Crippen LogP contribution in [0.5, 0.6) is 0 Å². The van der Waals surface area contributed by atoms with Crippen LogP contribution in [0.3, 0.4) is 0 Å². The van der Waals surface area contributed by atoms with Gasteiger partial charge in [0.05, 0.1) is 6.10 Å². The molecule has 23 heavy (non-hydrogen) atoms. The van der Waals surface area contributed by atoms with Crippen LogP contribution in [0.1, 0.15) is 122 Å². The predicted molar refractivity (Wildman–Crippen MR) is 104 cm³/mol. The SMILES string of the molecule is C#CCCCCCCCCC(O)CCCCCCCCCCC. The van der Waals surface area contributed by atoms with Crippen molar-refractivity contribution in [2.75, 3.05) is 0 Å². The Labute approximate surface area is 146 Å². The van der Waals surface area contributed by atoms with Gasteiger partial charge in [-0.15, -0.1) is 12.3 Å². The van der Waals surface area contributed by atoms with Crippen molar-refractivity contribution < 1.29 is 5.11 Å². The summed E-state index contributed by atoms with van der Waals surface area (Å²) in [5, 5.41) is 10.00. The van der Waals surface area contributed by atoms with Crippen molar-refractivity contribution >= 4 is 0 Å². The van der Waals surface area contributed by atoms with E-state index in [0.717, 1.165) is 19.3 Å². The Bertz CT molecular complexity index is 253. The molecule has 136 valence electrons. The molecule has 1 nitrogen and oxygen atoms in total. The van der Waals surface area contributed by atoms with Gasteiger partial charge in [0.25, 0.3) is 0 Å².